The van der Waals surface area contributed by atoms with E-state index < -0.39 is 23.9 Å². The van der Waals surface area contributed by atoms with Gasteiger partial charge in [-0.3, -0.25) is 19.4 Å². The summed E-state index contributed by atoms with van der Waals surface area (Å²) in [6.45, 7) is -0.199. The van der Waals surface area contributed by atoms with Crippen LogP contribution in [-0.2, 0) is 14.4 Å². The molecule has 27 heavy (non-hydrogen) atoms. The van der Waals surface area contributed by atoms with E-state index in [1.165, 1.54) is 5.01 Å². The Kier molecular flexibility index (Phi) is 4.33. The van der Waals surface area contributed by atoms with Crippen LogP contribution in [0.25, 0.3) is 0 Å². The van der Waals surface area contributed by atoms with Crippen LogP contribution in [0.5, 0.6) is 0 Å². The monoisotopic (exact) mass is 383 g/mol. The van der Waals surface area contributed by atoms with E-state index in [0.717, 1.165) is 4.90 Å². The van der Waals surface area contributed by atoms with Crippen molar-refractivity contribution in [2.45, 2.75) is 12.1 Å². The Morgan fingerprint density at radius 3 is 2.44 bits per heavy atom. The number of nitrogens with one attached hydrogen (secondary N) is 1. The summed E-state index contributed by atoms with van der Waals surface area (Å²) in [4.78, 5) is 38.7. The summed E-state index contributed by atoms with van der Waals surface area (Å²) in [6, 6.07) is 13.4. The summed E-state index contributed by atoms with van der Waals surface area (Å²) in [5, 5.41) is 12.3. The first kappa shape index (κ1) is 17.2. The van der Waals surface area contributed by atoms with Crippen LogP contribution in [0.15, 0.2) is 64.9 Å². The molecular formula is C18H14ClN5O3. The lowest BCUT2D eigenvalue weighted by atomic mass is 10.1. The Labute approximate surface area is 159 Å². The molecule has 9 heteroatoms. The van der Waals surface area contributed by atoms with Crippen molar-refractivity contribution in [3.05, 3.63) is 59.6 Å². The van der Waals surface area contributed by atoms with Crippen LogP contribution in [0.3, 0.4) is 0 Å². The second-order valence-electron chi connectivity index (χ2n) is 6.09. The third kappa shape index (κ3) is 3.15. The molecule has 4 rings (SSSR count). The van der Waals surface area contributed by atoms with Gasteiger partial charge in [0.15, 0.2) is 12.1 Å². The van der Waals surface area contributed by atoms with Gasteiger partial charge in [-0.2, -0.15) is 5.11 Å². The number of anilines is 2. The van der Waals surface area contributed by atoms with Crippen molar-refractivity contribution in [3.63, 3.8) is 0 Å². The van der Waals surface area contributed by atoms with Crippen molar-refractivity contribution in [3.8, 4) is 0 Å². The van der Waals surface area contributed by atoms with Gasteiger partial charge in [-0.1, -0.05) is 35.0 Å². The average molecular weight is 384 g/mol. The highest BCUT2D eigenvalue weighted by Crippen LogP contribution is 2.31. The van der Waals surface area contributed by atoms with Gasteiger partial charge >= 0.3 is 0 Å². The van der Waals surface area contributed by atoms with Crippen LogP contribution >= 0.6 is 11.6 Å². The number of halogens is 1. The number of benzene rings is 2. The van der Waals surface area contributed by atoms with Gasteiger partial charge in [-0.15, -0.1) is 0 Å². The van der Waals surface area contributed by atoms with Crippen LogP contribution in [-0.4, -0.2) is 41.4 Å². The smallest absolute Gasteiger partial charge is 0.263 e. The number of hydrogen-bond donors (Lipinski definition) is 1. The van der Waals surface area contributed by atoms with E-state index in [1.807, 2.05) is 0 Å². The number of amides is 3. The molecule has 0 spiro atoms. The van der Waals surface area contributed by atoms with Crippen molar-refractivity contribution in [2.24, 2.45) is 10.3 Å². The highest BCUT2D eigenvalue weighted by atomic mass is 35.5. The Hall–Kier alpha value is -3.26. The Morgan fingerprint density at radius 1 is 1.04 bits per heavy atom. The van der Waals surface area contributed by atoms with E-state index in [0.29, 0.717) is 16.4 Å². The molecule has 0 unspecified atom stereocenters. The minimum absolute atomic E-state index is 0.199. The van der Waals surface area contributed by atoms with Crippen LogP contribution in [0.2, 0.25) is 5.02 Å². The zero-order valence-electron chi connectivity index (χ0n) is 13.9. The van der Waals surface area contributed by atoms with Gasteiger partial charge in [-0.25, -0.2) is 4.90 Å². The maximum atomic E-state index is 12.8. The Morgan fingerprint density at radius 2 is 1.74 bits per heavy atom. The van der Waals surface area contributed by atoms with Crippen LogP contribution < -0.4 is 10.2 Å². The van der Waals surface area contributed by atoms with E-state index in [1.54, 1.807) is 54.6 Å². The number of carbonyl (C=O) groups is 3. The number of fused-ring (bicyclic) bond motifs is 1. The molecule has 2 aliphatic heterocycles. The Balaban J connectivity index is 1.47. The number of hydrogen-bond acceptors (Lipinski definition) is 6. The van der Waals surface area contributed by atoms with Crippen molar-refractivity contribution in [1.29, 1.82) is 0 Å². The number of imide groups is 1. The molecule has 0 aliphatic carbocycles. The van der Waals surface area contributed by atoms with Gasteiger partial charge in [-0.05, 0) is 36.4 Å². The molecule has 3 amide bonds. The predicted molar refractivity (Wildman–Crippen MR) is 98.2 cm³/mol. The van der Waals surface area contributed by atoms with Crippen molar-refractivity contribution in [1.82, 2.24) is 5.01 Å². The zero-order valence-corrected chi connectivity index (χ0v) is 14.7. The summed E-state index contributed by atoms with van der Waals surface area (Å²) in [7, 11) is 0. The van der Waals surface area contributed by atoms with Gasteiger partial charge in [0.05, 0.1) is 5.69 Å². The second-order valence-corrected chi connectivity index (χ2v) is 6.53. The molecule has 1 N–H and O–H groups in total. The fraction of sp³-hybridized carbons (Fsp3) is 0.167. The third-order valence-electron chi connectivity index (χ3n) is 4.31. The van der Waals surface area contributed by atoms with Gasteiger partial charge in [0.1, 0.15) is 6.54 Å². The highest BCUT2D eigenvalue weighted by molar-refractivity contribution is 6.30. The maximum Gasteiger partial charge on any atom is 0.263 e. The molecule has 8 nitrogen and oxygen atoms in total. The predicted octanol–water partition coefficient (Wildman–Crippen LogP) is 2.27. The lowest BCUT2D eigenvalue weighted by Crippen LogP contribution is -2.43. The van der Waals surface area contributed by atoms with Crippen molar-refractivity contribution >= 4 is 40.7 Å². The SMILES string of the molecule is O=C(CN1N=N[C@@H]2C(=O)N(c3ccccc3)C(=O)[C@@H]21)Nc1ccc(Cl)cc1. The number of para-hydroxylation sites is 1. The normalized spacial score (nSPS) is 20.9. The minimum Gasteiger partial charge on any atom is -0.324 e. The van der Waals surface area contributed by atoms with Gasteiger partial charge in [0, 0.05) is 10.7 Å². The second kappa shape index (κ2) is 6.81. The molecule has 1 saturated heterocycles. The van der Waals surface area contributed by atoms with Gasteiger partial charge in [0.25, 0.3) is 11.8 Å². The molecule has 0 bridgehead atoms. The quantitative estimate of drug-likeness (QED) is 0.819. The minimum atomic E-state index is -0.930. The molecule has 2 atom stereocenters. The van der Waals surface area contributed by atoms with E-state index in [4.69, 9.17) is 11.6 Å². The van der Waals surface area contributed by atoms with E-state index >= 15 is 0 Å². The number of rotatable bonds is 4. The van der Waals surface area contributed by atoms with Crippen molar-refractivity contribution in [2.75, 3.05) is 16.8 Å². The summed E-state index contributed by atoms with van der Waals surface area (Å²) in [5.41, 5.74) is 1.04. The summed E-state index contributed by atoms with van der Waals surface area (Å²) < 4.78 is 0. The molecular weight excluding hydrogens is 370 g/mol. The van der Waals surface area contributed by atoms with E-state index in [-0.39, 0.29) is 12.5 Å². The fourth-order valence-electron chi connectivity index (χ4n) is 3.07. The van der Waals surface area contributed by atoms with Crippen LogP contribution in [0, 0.1) is 0 Å². The first-order valence-electron chi connectivity index (χ1n) is 8.20. The van der Waals surface area contributed by atoms with E-state index in [2.05, 4.69) is 15.7 Å². The lowest BCUT2D eigenvalue weighted by molar-refractivity contribution is -0.123. The first-order chi connectivity index (χ1) is 13.0. The molecule has 1 fully saturated rings. The van der Waals surface area contributed by atoms with Crippen LogP contribution in [0.1, 0.15) is 0 Å². The molecule has 0 radical (unpaired) electrons. The van der Waals surface area contributed by atoms with Crippen molar-refractivity contribution < 1.29 is 14.4 Å². The topological polar surface area (TPSA) is 94.4 Å². The lowest BCUT2D eigenvalue weighted by Gasteiger charge is -2.20. The molecule has 0 aromatic heterocycles. The number of nitrogens with zero attached hydrogens (tertiary/aromatic N) is 4. The fourth-order valence-corrected chi connectivity index (χ4v) is 3.19. The molecule has 2 aromatic carbocycles. The summed E-state index contributed by atoms with van der Waals surface area (Å²) in [6.07, 6.45) is 0. The highest BCUT2D eigenvalue weighted by Gasteiger charge is 2.55. The largest absolute Gasteiger partial charge is 0.324 e. The maximum absolute atomic E-state index is 12.8. The molecule has 136 valence electrons. The summed E-state index contributed by atoms with van der Waals surface area (Å²) in [5.74, 6) is -1.27. The third-order valence-corrected chi connectivity index (χ3v) is 4.56. The van der Waals surface area contributed by atoms with Crippen LogP contribution in [0.4, 0.5) is 11.4 Å². The van der Waals surface area contributed by atoms with E-state index in [9.17, 15) is 14.4 Å². The first-order valence-corrected chi connectivity index (χ1v) is 8.58. The zero-order chi connectivity index (χ0) is 19.0. The molecule has 2 aromatic rings. The number of carbonyl (C=O) groups excluding carboxylic acids is 3. The molecule has 2 heterocycles. The average Bonchev–Trinajstić information content (AvgIpc) is 3.18. The standard InChI is InChI=1S/C18H14ClN5O3/c19-11-6-8-12(9-7-11)20-14(25)10-23-16-15(21-22-23)17(26)24(18(16)27)13-4-2-1-3-5-13/h1-9,15-16H,10H2,(H,20,25)/t15-,16+/m0/s1. The Bertz CT molecular complexity index is 932. The molecule has 2 aliphatic rings. The van der Waals surface area contributed by atoms with Gasteiger partial charge in [0.2, 0.25) is 5.91 Å². The summed E-state index contributed by atoms with van der Waals surface area (Å²) >= 11 is 5.82. The molecule has 0 saturated carbocycles. The van der Waals surface area contributed by atoms with Gasteiger partial charge < -0.3 is 5.32 Å².